The van der Waals surface area contributed by atoms with Crippen molar-refractivity contribution in [3.63, 3.8) is 0 Å². The van der Waals surface area contributed by atoms with E-state index >= 15 is 0 Å². The molecular formula is C24H31ClN6O6. The summed E-state index contributed by atoms with van der Waals surface area (Å²) in [5, 5.41) is 43.5. The van der Waals surface area contributed by atoms with Crippen molar-refractivity contribution >= 4 is 35.3 Å². The molecule has 0 spiro atoms. The molecule has 2 amide bonds. The summed E-state index contributed by atoms with van der Waals surface area (Å²) in [6.45, 7) is 3.61. The van der Waals surface area contributed by atoms with Crippen molar-refractivity contribution in [1.29, 1.82) is 0 Å². The number of hydrogen-bond donors (Lipinski definition) is 8. The second-order valence-corrected chi connectivity index (χ2v) is 9.67. The largest absolute Gasteiger partial charge is 0.481 e. The molecule has 0 aromatic heterocycles. The monoisotopic (exact) mass is 534 g/mol. The molecule has 0 aliphatic carbocycles. The van der Waals surface area contributed by atoms with Crippen LogP contribution in [0, 0.1) is 0 Å². The van der Waals surface area contributed by atoms with Crippen LogP contribution in [-0.2, 0) is 20.0 Å². The van der Waals surface area contributed by atoms with Crippen molar-refractivity contribution in [3.05, 3.63) is 57.9 Å². The molecule has 2 aliphatic heterocycles. The average molecular weight is 535 g/mol. The molecule has 0 saturated heterocycles. The number of hydrogen-bond acceptors (Lipinski definition) is 9. The number of aliphatic hydroxyl groups excluding tert-OH is 1. The number of benzene rings is 1. The first-order valence-corrected chi connectivity index (χ1v) is 12.0. The summed E-state index contributed by atoms with van der Waals surface area (Å²) in [5.41, 5.74) is 0.580. The van der Waals surface area contributed by atoms with Crippen molar-refractivity contribution < 1.29 is 29.7 Å². The minimum absolute atomic E-state index is 0.237. The van der Waals surface area contributed by atoms with E-state index in [0.29, 0.717) is 34.9 Å². The van der Waals surface area contributed by atoms with Gasteiger partial charge in [0.05, 0.1) is 43.0 Å². The minimum Gasteiger partial charge on any atom is -0.481 e. The lowest BCUT2D eigenvalue weighted by Gasteiger charge is -2.23. The third-order valence-electron chi connectivity index (χ3n) is 5.55. The highest BCUT2D eigenvalue weighted by Gasteiger charge is 2.24. The van der Waals surface area contributed by atoms with Crippen molar-refractivity contribution in [1.82, 2.24) is 26.6 Å². The van der Waals surface area contributed by atoms with E-state index in [1.807, 2.05) is 0 Å². The van der Waals surface area contributed by atoms with E-state index in [2.05, 4.69) is 31.6 Å². The van der Waals surface area contributed by atoms with Gasteiger partial charge in [0.2, 0.25) is 11.8 Å². The standard InChI is InChI=1S/C24H31ClN6O6/c1-24(2,37)15-3-13(4-16(25)6-15)19(7-21(34)35)31-20(33)12-27-22(36)14-5-17(9-26-8-14)30-23-28-10-18(32)11-29-23/h3-6,9,18-19,26,32,37H,7-8,10-12H2,1-2H3,(H,27,36)(H,31,33)(H,34,35)(H2,28,29,30)/t19-/m0/s1. The van der Waals surface area contributed by atoms with E-state index in [-0.39, 0.29) is 24.7 Å². The molecule has 8 N–H and O–H groups in total. The molecule has 1 aromatic rings. The molecule has 3 rings (SSSR count). The zero-order valence-electron chi connectivity index (χ0n) is 20.5. The summed E-state index contributed by atoms with van der Waals surface area (Å²) in [6.07, 6.45) is 2.30. The Morgan fingerprint density at radius 2 is 2.03 bits per heavy atom. The third kappa shape index (κ3) is 8.48. The number of carboxylic acids is 1. The summed E-state index contributed by atoms with van der Waals surface area (Å²) in [7, 11) is 0. The van der Waals surface area contributed by atoms with Gasteiger partial charge in [-0.15, -0.1) is 0 Å². The number of nitrogens with one attached hydrogen (secondary N) is 5. The van der Waals surface area contributed by atoms with Crippen LogP contribution < -0.4 is 26.6 Å². The minimum atomic E-state index is -1.23. The molecule has 37 heavy (non-hydrogen) atoms. The Labute approximate surface area is 218 Å². The molecule has 1 aromatic carbocycles. The van der Waals surface area contributed by atoms with Crippen molar-refractivity contribution in [2.75, 3.05) is 26.2 Å². The van der Waals surface area contributed by atoms with Gasteiger partial charge in [0, 0.05) is 29.9 Å². The smallest absolute Gasteiger partial charge is 0.305 e. The predicted molar refractivity (Wildman–Crippen MR) is 136 cm³/mol. The number of halogens is 1. The highest BCUT2D eigenvalue weighted by Crippen LogP contribution is 2.28. The van der Waals surface area contributed by atoms with Crippen LogP contribution >= 0.6 is 11.6 Å². The van der Waals surface area contributed by atoms with E-state index in [1.54, 1.807) is 38.3 Å². The van der Waals surface area contributed by atoms with Gasteiger partial charge in [-0.3, -0.25) is 19.4 Å². The summed E-state index contributed by atoms with van der Waals surface area (Å²) in [4.78, 5) is 40.9. The van der Waals surface area contributed by atoms with Crippen LogP contribution in [0.1, 0.15) is 37.4 Å². The van der Waals surface area contributed by atoms with Gasteiger partial charge in [0.25, 0.3) is 0 Å². The Morgan fingerprint density at radius 1 is 1.27 bits per heavy atom. The summed E-state index contributed by atoms with van der Waals surface area (Å²) < 4.78 is 0. The molecule has 2 atom stereocenters. The van der Waals surface area contributed by atoms with Crippen LogP contribution in [0.5, 0.6) is 0 Å². The fraction of sp³-hybridized carbons (Fsp3) is 0.417. The SMILES string of the molecule is CC(C)(O)c1cc(Cl)cc([C@H](CC(=O)O)NC(=O)CNC(=O)C2=CC(NC3=NCC(O)CN3)=CNC2)c1. The van der Waals surface area contributed by atoms with Gasteiger partial charge in [0.15, 0.2) is 5.96 Å². The van der Waals surface area contributed by atoms with E-state index in [0.717, 1.165) is 0 Å². The number of dihydropyridines is 1. The van der Waals surface area contributed by atoms with Gasteiger partial charge in [-0.25, -0.2) is 0 Å². The number of rotatable bonds is 9. The van der Waals surface area contributed by atoms with Gasteiger partial charge < -0.3 is 41.9 Å². The van der Waals surface area contributed by atoms with Crippen LogP contribution in [0.15, 0.2) is 46.7 Å². The number of guanidine groups is 1. The van der Waals surface area contributed by atoms with Crippen LogP contribution in [0.3, 0.4) is 0 Å². The van der Waals surface area contributed by atoms with Crippen LogP contribution in [0.4, 0.5) is 0 Å². The average Bonchev–Trinajstić information content (AvgIpc) is 2.82. The van der Waals surface area contributed by atoms with Gasteiger partial charge in [-0.2, -0.15) is 0 Å². The number of aliphatic imine (C=N–C) groups is 1. The Morgan fingerprint density at radius 3 is 2.68 bits per heavy atom. The molecular weight excluding hydrogens is 504 g/mol. The Balaban J connectivity index is 1.61. The lowest BCUT2D eigenvalue weighted by molar-refractivity contribution is -0.138. The number of carboxylic acid groups (broad SMARTS) is 1. The van der Waals surface area contributed by atoms with Crippen LogP contribution in [0.25, 0.3) is 0 Å². The summed E-state index contributed by atoms with van der Waals surface area (Å²) in [5.74, 6) is -1.75. The summed E-state index contributed by atoms with van der Waals surface area (Å²) >= 11 is 6.17. The molecule has 2 heterocycles. The van der Waals surface area contributed by atoms with E-state index < -0.39 is 42.0 Å². The first kappa shape index (κ1) is 28.0. The van der Waals surface area contributed by atoms with Crippen molar-refractivity contribution in [2.24, 2.45) is 4.99 Å². The number of carbonyl (C=O) groups excluding carboxylic acids is 2. The molecule has 0 fully saturated rings. The molecule has 0 bridgehead atoms. The number of aliphatic hydroxyl groups is 2. The lowest BCUT2D eigenvalue weighted by Crippen LogP contribution is -2.46. The second kappa shape index (κ2) is 12.1. The second-order valence-electron chi connectivity index (χ2n) is 9.23. The molecule has 2 aliphatic rings. The number of carbonyl (C=O) groups is 3. The molecule has 12 nitrogen and oxygen atoms in total. The maximum Gasteiger partial charge on any atom is 0.305 e. The van der Waals surface area contributed by atoms with Crippen LogP contribution in [-0.4, -0.2) is 71.3 Å². The number of allylic oxidation sites excluding steroid dienone is 1. The van der Waals surface area contributed by atoms with Crippen molar-refractivity contribution in [2.45, 2.75) is 38.0 Å². The molecule has 0 saturated carbocycles. The number of β-amino-alcohol motifs (C(OH)–C–C–N with tert-alkyl or cyclic N) is 1. The van der Waals surface area contributed by atoms with Gasteiger partial charge in [0.1, 0.15) is 0 Å². The maximum absolute atomic E-state index is 12.6. The zero-order chi connectivity index (χ0) is 27.2. The van der Waals surface area contributed by atoms with Gasteiger partial charge >= 0.3 is 5.97 Å². The fourth-order valence-electron chi connectivity index (χ4n) is 3.63. The predicted octanol–water partition coefficient (Wildman–Crippen LogP) is -0.404. The Kier molecular flexibility index (Phi) is 9.14. The molecule has 0 radical (unpaired) electrons. The maximum atomic E-state index is 12.6. The third-order valence-corrected chi connectivity index (χ3v) is 5.77. The number of nitrogens with zero attached hydrogens (tertiary/aromatic N) is 1. The quantitative estimate of drug-likeness (QED) is 0.209. The van der Waals surface area contributed by atoms with E-state index in [1.165, 1.54) is 6.07 Å². The first-order valence-electron chi connectivity index (χ1n) is 11.6. The Bertz CT molecular complexity index is 1140. The fourth-order valence-corrected chi connectivity index (χ4v) is 3.88. The number of amides is 2. The van der Waals surface area contributed by atoms with Crippen LogP contribution in [0.2, 0.25) is 5.02 Å². The topological polar surface area (TPSA) is 184 Å². The highest BCUT2D eigenvalue weighted by atomic mass is 35.5. The first-order chi connectivity index (χ1) is 17.4. The van der Waals surface area contributed by atoms with Gasteiger partial charge in [-0.1, -0.05) is 17.7 Å². The molecule has 200 valence electrons. The molecule has 13 heteroatoms. The van der Waals surface area contributed by atoms with E-state index in [9.17, 15) is 29.7 Å². The number of aliphatic carboxylic acids is 1. The van der Waals surface area contributed by atoms with E-state index in [4.69, 9.17) is 11.6 Å². The Hall–Kier alpha value is -3.61. The van der Waals surface area contributed by atoms with Crippen molar-refractivity contribution in [3.8, 4) is 0 Å². The highest BCUT2D eigenvalue weighted by molar-refractivity contribution is 6.30. The van der Waals surface area contributed by atoms with Gasteiger partial charge in [-0.05, 0) is 43.2 Å². The lowest BCUT2D eigenvalue weighted by atomic mass is 9.93. The summed E-state index contributed by atoms with van der Waals surface area (Å²) in [6, 6.07) is 3.74. The molecule has 1 unspecified atom stereocenters. The zero-order valence-corrected chi connectivity index (χ0v) is 21.2. The normalized spacial score (nSPS) is 18.2.